The first-order chi connectivity index (χ1) is 8.34. The lowest BCUT2D eigenvalue weighted by Gasteiger charge is -2.25. The van der Waals surface area contributed by atoms with Gasteiger partial charge in [-0.1, -0.05) is 20.8 Å². The topological polar surface area (TPSA) is 48.4 Å². The summed E-state index contributed by atoms with van der Waals surface area (Å²) in [4.78, 5) is 0. The highest BCUT2D eigenvalue weighted by Gasteiger charge is 2.27. The molecule has 2 rings (SSSR count). The molecule has 0 saturated heterocycles. The van der Waals surface area contributed by atoms with Gasteiger partial charge in [0.25, 0.3) is 0 Å². The van der Waals surface area contributed by atoms with E-state index in [1.54, 1.807) is 7.11 Å². The van der Waals surface area contributed by atoms with E-state index in [1.807, 2.05) is 18.2 Å². The number of methoxy groups -OCH3 is 1. The molecule has 0 aliphatic rings. The lowest BCUT2D eigenvalue weighted by Crippen LogP contribution is -2.26. The van der Waals surface area contributed by atoms with E-state index in [4.69, 9.17) is 14.9 Å². The van der Waals surface area contributed by atoms with Gasteiger partial charge in [-0.05, 0) is 30.0 Å². The minimum Gasteiger partial charge on any atom is -0.497 e. The summed E-state index contributed by atoms with van der Waals surface area (Å²) in [5, 5.41) is 1.10. The fourth-order valence-electron chi connectivity index (χ4n) is 2.04. The zero-order valence-electron chi connectivity index (χ0n) is 11.7. The molecule has 0 spiro atoms. The van der Waals surface area contributed by atoms with Crippen molar-refractivity contribution in [3.63, 3.8) is 0 Å². The van der Waals surface area contributed by atoms with Crippen LogP contribution in [0.1, 0.15) is 38.1 Å². The molecule has 1 aromatic heterocycles. The Balaban J connectivity index is 2.57. The van der Waals surface area contributed by atoms with Crippen molar-refractivity contribution in [2.45, 2.75) is 33.7 Å². The van der Waals surface area contributed by atoms with Crippen LogP contribution < -0.4 is 10.5 Å². The first kappa shape index (κ1) is 13.0. The third-order valence-electron chi connectivity index (χ3n) is 3.40. The van der Waals surface area contributed by atoms with Gasteiger partial charge in [-0.3, -0.25) is 0 Å². The van der Waals surface area contributed by atoms with Crippen LogP contribution in [0.4, 0.5) is 0 Å². The molecule has 0 amide bonds. The van der Waals surface area contributed by atoms with Gasteiger partial charge in [0.15, 0.2) is 0 Å². The van der Waals surface area contributed by atoms with E-state index in [0.29, 0.717) is 0 Å². The summed E-state index contributed by atoms with van der Waals surface area (Å²) in [6.07, 6.45) is 0. The van der Waals surface area contributed by atoms with Crippen LogP contribution in [0.15, 0.2) is 22.6 Å². The van der Waals surface area contributed by atoms with Crippen LogP contribution in [-0.2, 0) is 0 Å². The summed E-state index contributed by atoms with van der Waals surface area (Å²) in [7, 11) is 1.65. The first-order valence-electron chi connectivity index (χ1n) is 6.17. The van der Waals surface area contributed by atoms with Crippen molar-refractivity contribution >= 4 is 11.0 Å². The molecule has 18 heavy (non-hydrogen) atoms. The molecule has 0 aliphatic heterocycles. The molecule has 0 radical (unpaired) electrons. The Morgan fingerprint density at radius 3 is 2.50 bits per heavy atom. The normalized spacial score (nSPS) is 13.9. The molecule has 98 valence electrons. The fraction of sp³-hybridized carbons (Fsp3) is 0.467. The van der Waals surface area contributed by atoms with Gasteiger partial charge in [0, 0.05) is 11.5 Å². The van der Waals surface area contributed by atoms with E-state index in [1.165, 1.54) is 0 Å². The smallest absolute Gasteiger partial charge is 0.138 e. The van der Waals surface area contributed by atoms with Crippen molar-refractivity contribution in [3.8, 4) is 5.75 Å². The number of ether oxygens (including phenoxy) is 1. The molecule has 0 saturated carbocycles. The maximum atomic E-state index is 6.28. The Hall–Kier alpha value is -1.48. The van der Waals surface area contributed by atoms with Gasteiger partial charge in [0.2, 0.25) is 0 Å². The predicted octanol–water partition coefficient (Wildman–Crippen LogP) is 3.80. The standard InChI is InChI=1S/C15H21NO2/c1-9-11-7-6-10(17-5)8-12(11)18-13(9)14(16)15(2,3)4/h6-8,14H,16H2,1-5H3. The number of nitrogens with two attached hydrogens (primary N) is 1. The maximum Gasteiger partial charge on any atom is 0.138 e. The molecule has 3 heteroatoms. The highest BCUT2D eigenvalue weighted by Crippen LogP contribution is 2.37. The SMILES string of the molecule is COc1ccc2c(C)c(C(N)C(C)(C)C)oc2c1. The molecule has 3 nitrogen and oxygen atoms in total. The van der Waals surface area contributed by atoms with Crippen LogP contribution in [0.25, 0.3) is 11.0 Å². The van der Waals surface area contributed by atoms with Crippen LogP contribution >= 0.6 is 0 Å². The number of furan rings is 1. The number of hydrogen-bond acceptors (Lipinski definition) is 3. The van der Waals surface area contributed by atoms with Gasteiger partial charge in [-0.15, -0.1) is 0 Å². The molecule has 0 bridgehead atoms. The lowest BCUT2D eigenvalue weighted by atomic mass is 9.85. The second-order valence-corrected chi connectivity index (χ2v) is 5.80. The van der Waals surface area contributed by atoms with Gasteiger partial charge in [-0.25, -0.2) is 0 Å². The summed E-state index contributed by atoms with van der Waals surface area (Å²) in [6, 6.07) is 5.75. The van der Waals surface area contributed by atoms with Crippen molar-refractivity contribution in [1.82, 2.24) is 0 Å². The number of rotatable bonds is 2. The van der Waals surface area contributed by atoms with Gasteiger partial charge in [0.05, 0.1) is 13.2 Å². The van der Waals surface area contributed by atoms with Gasteiger partial charge < -0.3 is 14.9 Å². The Bertz CT molecular complexity index is 564. The minimum atomic E-state index is -0.115. The van der Waals surface area contributed by atoms with Gasteiger partial charge in [0.1, 0.15) is 17.1 Å². The van der Waals surface area contributed by atoms with Crippen LogP contribution in [0.3, 0.4) is 0 Å². The lowest BCUT2D eigenvalue weighted by molar-refractivity contribution is 0.288. The Kier molecular flexibility index (Phi) is 3.11. The average Bonchev–Trinajstić information content (AvgIpc) is 2.64. The maximum absolute atomic E-state index is 6.28. The quantitative estimate of drug-likeness (QED) is 0.878. The fourth-order valence-corrected chi connectivity index (χ4v) is 2.04. The Morgan fingerprint density at radius 1 is 1.28 bits per heavy atom. The molecular weight excluding hydrogens is 226 g/mol. The number of benzene rings is 1. The zero-order chi connectivity index (χ0) is 13.5. The first-order valence-corrected chi connectivity index (χ1v) is 6.17. The summed E-state index contributed by atoms with van der Waals surface area (Å²) in [6.45, 7) is 8.40. The van der Waals surface area contributed by atoms with E-state index in [-0.39, 0.29) is 11.5 Å². The third kappa shape index (κ3) is 2.10. The molecule has 1 aromatic carbocycles. The number of fused-ring (bicyclic) bond motifs is 1. The monoisotopic (exact) mass is 247 g/mol. The predicted molar refractivity (Wildman–Crippen MR) is 73.9 cm³/mol. The van der Waals surface area contributed by atoms with E-state index < -0.39 is 0 Å². The zero-order valence-corrected chi connectivity index (χ0v) is 11.7. The Labute approximate surface area is 108 Å². The second-order valence-electron chi connectivity index (χ2n) is 5.80. The molecule has 2 aromatic rings. The summed E-state index contributed by atoms with van der Waals surface area (Å²) in [5.74, 6) is 1.66. The van der Waals surface area contributed by atoms with Crippen LogP contribution in [-0.4, -0.2) is 7.11 Å². The summed E-state index contributed by atoms with van der Waals surface area (Å²) in [5.41, 5.74) is 8.21. The minimum absolute atomic E-state index is 0.0251. The molecule has 1 heterocycles. The van der Waals surface area contributed by atoms with E-state index in [9.17, 15) is 0 Å². The summed E-state index contributed by atoms with van der Waals surface area (Å²) >= 11 is 0. The van der Waals surface area contributed by atoms with Crippen molar-refractivity contribution < 1.29 is 9.15 Å². The van der Waals surface area contributed by atoms with Crippen molar-refractivity contribution in [3.05, 3.63) is 29.5 Å². The highest BCUT2D eigenvalue weighted by atomic mass is 16.5. The highest BCUT2D eigenvalue weighted by molar-refractivity contribution is 5.83. The van der Waals surface area contributed by atoms with Gasteiger partial charge >= 0.3 is 0 Å². The Morgan fingerprint density at radius 2 is 1.94 bits per heavy atom. The average molecular weight is 247 g/mol. The van der Waals surface area contributed by atoms with Crippen LogP contribution in [0, 0.1) is 12.3 Å². The number of hydrogen-bond donors (Lipinski definition) is 1. The van der Waals surface area contributed by atoms with E-state index >= 15 is 0 Å². The molecule has 0 aliphatic carbocycles. The van der Waals surface area contributed by atoms with Crippen molar-refractivity contribution in [2.75, 3.05) is 7.11 Å². The molecule has 0 fully saturated rings. The summed E-state index contributed by atoms with van der Waals surface area (Å²) < 4.78 is 11.1. The van der Waals surface area contributed by atoms with E-state index in [0.717, 1.165) is 28.0 Å². The van der Waals surface area contributed by atoms with Crippen molar-refractivity contribution in [1.29, 1.82) is 0 Å². The molecular formula is C15H21NO2. The largest absolute Gasteiger partial charge is 0.497 e. The van der Waals surface area contributed by atoms with Gasteiger partial charge in [-0.2, -0.15) is 0 Å². The van der Waals surface area contributed by atoms with Crippen molar-refractivity contribution in [2.24, 2.45) is 11.1 Å². The van der Waals surface area contributed by atoms with Crippen LogP contribution in [0.5, 0.6) is 5.75 Å². The second kappa shape index (κ2) is 4.32. The number of aryl methyl sites for hydroxylation is 1. The van der Waals surface area contributed by atoms with E-state index in [2.05, 4.69) is 27.7 Å². The molecule has 1 atom stereocenters. The third-order valence-corrected chi connectivity index (χ3v) is 3.40. The molecule has 1 unspecified atom stereocenters. The molecule has 2 N–H and O–H groups in total. The van der Waals surface area contributed by atoms with Crippen LogP contribution in [0.2, 0.25) is 0 Å².